The Morgan fingerprint density at radius 3 is 2.89 bits per heavy atom. The van der Waals surface area contributed by atoms with E-state index >= 15 is 0 Å². The Labute approximate surface area is 107 Å². The van der Waals surface area contributed by atoms with Gasteiger partial charge in [-0.3, -0.25) is 9.89 Å². The zero-order valence-corrected chi connectivity index (χ0v) is 9.66. The van der Waals surface area contributed by atoms with Gasteiger partial charge >= 0.3 is 5.91 Å². The summed E-state index contributed by atoms with van der Waals surface area (Å²) in [5, 5.41) is 23.9. The second-order valence-electron chi connectivity index (χ2n) is 3.84. The molecule has 0 aliphatic carbocycles. The minimum atomic E-state index is -0.554. The van der Waals surface area contributed by atoms with Crippen LogP contribution < -0.4 is 0 Å². The summed E-state index contributed by atoms with van der Waals surface area (Å²) in [4.78, 5) is 14.4. The van der Waals surface area contributed by atoms with E-state index in [0.717, 1.165) is 5.52 Å². The average molecular weight is 255 g/mol. The molecule has 0 spiro atoms. The van der Waals surface area contributed by atoms with Crippen LogP contribution in [0.5, 0.6) is 5.88 Å². The summed E-state index contributed by atoms with van der Waals surface area (Å²) in [7, 11) is 0. The molecule has 3 N–H and O–H groups in total. The number of aromatic hydroxyl groups is 1. The van der Waals surface area contributed by atoms with Crippen molar-refractivity contribution in [2.75, 3.05) is 0 Å². The number of hydrogen-bond donors (Lipinski definition) is 3. The Morgan fingerprint density at radius 1 is 1.26 bits per heavy atom. The van der Waals surface area contributed by atoms with Crippen LogP contribution in [-0.2, 0) is 0 Å². The second kappa shape index (κ2) is 4.37. The first kappa shape index (κ1) is 11.1. The Balaban J connectivity index is 1.97. The SMILES string of the molecule is O=C(N=Nc1c(O)[nH]c2ccccc12)c1ccn[nH]1. The topological polar surface area (TPSA) is 106 Å². The van der Waals surface area contributed by atoms with E-state index in [0.29, 0.717) is 5.39 Å². The van der Waals surface area contributed by atoms with Gasteiger partial charge in [-0.2, -0.15) is 5.10 Å². The number of nitrogens with zero attached hydrogens (tertiary/aromatic N) is 3. The number of aromatic amines is 2. The number of amides is 1. The van der Waals surface area contributed by atoms with Crippen molar-refractivity contribution in [3.63, 3.8) is 0 Å². The summed E-state index contributed by atoms with van der Waals surface area (Å²) in [5.74, 6) is -0.676. The lowest BCUT2D eigenvalue weighted by molar-refractivity contribution is 0.0990. The van der Waals surface area contributed by atoms with Gasteiger partial charge in [-0.05, 0) is 12.1 Å². The first-order valence-corrected chi connectivity index (χ1v) is 5.51. The molecule has 2 aromatic heterocycles. The Hall–Kier alpha value is -2.96. The molecule has 0 bridgehead atoms. The van der Waals surface area contributed by atoms with Gasteiger partial charge in [-0.15, -0.1) is 10.2 Å². The molecule has 2 heterocycles. The normalized spacial score (nSPS) is 11.4. The number of azo groups is 1. The molecule has 0 aliphatic rings. The zero-order valence-electron chi connectivity index (χ0n) is 9.66. The Kier molecular flexibility index (Phi) is 2.57. The molecular weight excluding hydrogens is 246 g/mol. The molecule has 0 atom stereocenters. The quantitative estimate of drug-likeness (QED) is 0.612. The van der Waals surface area contributed by atoms with Crippen LogP contribution in [-0.4, -0.2) is 26.2 Å². The van der Waals surface area contributed by atoms with Gasteiger partial charge in [0.05, 0.1) is 5.52 Å². The fraction of sp³-hybridized carbons (Fsp3) is 0. The summed E-state index contributed by atoms with van der Waals surface area (Å²) in [5.41, 5.74) is 1.20. The van der Waals surface area contributed by atoms with Crippen LogP contribution in [0, 0.1) is 0 Å². The third-order valence-corrected chi connectivity index (χ3v) is 2.63. The predicted octanol–water partition coefficient (Wildman–Crippen LogP) is 2.52. The number of carbonyl (C=O) groups excluding carboxylic acids is 1. The van der Waals surface area contributed by atoms with Crippen molar-refractivity contribution < 1.29 is 9.90 Å². The molecule has 0 unspecified atom stereocenters. The van der Waals surface area contributed by atoms with E-state index in [1.165, 1.54) is 12.3 Å². The fourth-order valence-corrected chi connectivity index (χ4v) is 1.74. The van der Waals surface area contributed by atoms with Crippen molar-refractivity contribution in [1.82, 2.24) is 15.2 Å². The van der Waals surface area contributed by atoms with Crippen molar-refractivity contribution in [2.24, 2.45) is 10.2 Å². The maximum atomic E-state index is 11.6. The smallest absolute Gasteiger partial charge is 0.313 e. The molecule has 0 saturated heterocycles. The minimum Gasteiger partial charge on any atom is -0.493 e. The molecule has 3 rings (SSSR count). The molecule has 0 fully saturated rings. The third-order valence-electron chi connectivity index (χ3n) is 2.63. The van der Waals surface area contributed by atoms with Gasteiger partial charge in [0.2, 0.25) is 5.88 Å². The number of benzene rings is 1. The molecule has 1 aromatic carbocycles. The van der Waals surface area contributed by atoms with E-state index in [9.17, 15) is 9.90 Å². The van der Waals surface area contributed by atoms with Gasteiger partial charge in [0, 0.05) is 11.6 Å². The van der Waals surface area contributed by atoms with Crippen molar-refractivity contribution in [3.05, 3.63) is 42.2 Å². The molecular formula is C12H9N5O2. The molecule has 0 radical (unpaired) electrons. The molecule has 0 aliphatic heterocycles. The van der Waals surface area contributed by atoms with Gasteiger partial charge in [-0.25, -0.2) is 0 Å². The summed E-state index contributed by atoms with van der Waals surface area (Å²) in [6.07, 6.45) is 1.45. The van der Waals surface area contributed by atoms with Crippen LogP contribution in [0.3, 0.4) is 0 Å². The van der Waals surface area contributed by atoms with Crippen LogP contribution in [0.2, 0.25) is 0 Å². The largest absolute Gasteiger partial charge is 0.493 e. The van der Waals surface area contributed by atoms with Gasteiger partial charge in [-0.1, -0.05) is 18.2 Å². The van der Waals surface area contributed by atoms with E-state index < -0.39 is 5.91 Å². The first-order chi connectivity index (χ1) is 9.25. The van der Waals surface area contributed by atoms with Crippen LogP contribution in [0.1, 0.15) is 10.5 Å². The lowest BCUT2D eigenvalue weighted by atomic mass is 10.2. The number of fused-ring (bicyclic) bond motifs is 1. The van der Waals surface area contributed by atoms with Crippen LogP contribution >= 0.6 is 0 Å². The second-order valence-corrected chi connectivity index (χ2v) is 3.84. The van der Waals surface area contributed by atoms with Gasteiger partial charge in [0.15, 0.2) is 5.69 Å². The van der Waals surface area contributed by atoms with E-state index in [1.807, 2.05) is 12.1 Å². The molecule has 94 valence electrons. The third kappa shape index (κ3) is 1.97. The van der Waals surface area contributed by atoms with E-state index in [-0.39, 0.29) is 17.3 Å². The first-order valence-electron chi connectivity index (χ1n) is 5.51. The summed E-state index contributed by atoms with van der Waals surface area (Å²) in [6, 6.07) is 8.71. The summed E-state index contributed by atoms with van der Waals surface area (Å²) >= 11 is 0. The van der Waals surface area contributed by atoms with Crippen molar-refractivity contribution in [3.8, 4) is 5.88 Å². The number of carbonyl (C=O) groups is 1. The molecule has 7 heteroatoms. The molecule has 19 heavy (non-hydrogen) atoms. The maximum absolute atomic E-state index is 11.6. The standard InChI is InChI=1S/C12H9N5O2/c18-11(9-5-6-13-15-9)17-16-10-7-3-1-2-4-8(7)14-12(10)19/h1-6,14,19H,(H,13,15). The van der Waals surface area contributed by atoms with E-state index in [4.69, 9.17) is 0 Å². The number of H-pyrrole nitrogens is 2. The van der Waals surface area contributed by atoms with Crippen molar-refractivity contribution in [1.29, 1.82) is 0 Å². The highest BCUT2D eigenvalue weighted by atomic mass is 16.3. The molecule has 3 aromatic rings. The highest BCUT2D eigenvalue weighted by Crippen LogP contribution is 2.35. The Bertz CT molecular complexity index is 758. The summed E-state index contributed by atoms with van der Waals surface area (Å²) < 4.78 is 0. The molecule has 1 amide bonds. The minimum absolute atomic E-state index is 0.123. The number of rotatable bonds is 2. The van der Waals surface area contributed by atoms with Crippen LogP contribution in [0.25, 0.3) is 10.9 Å². The molecule has 0 saturated carbocycles. The average Bonchev–Trinajstić information content (AvgIpc) is 3.03. The number of hydrogen-bond acceptors (Lipinski definition) is 4. The van der Waals surface area contributed by atoms with E-state index in [1.54, 1.807) is 12.1 Å². The Morgan fingerprint density at radius 2 is 2.11 bits per heavy atom. The van der Waals surface area contributed by atoms with Crippen LogP contribution in [0.4, 0.5) is 5.69 Å². The maximum Gasteiger partial charge on any atom is 0.313 e. The highest BCUT2D eigenvalue weighted by Gasteiger charge is 2.11. The fourth-order valence-electron chi connectivity index (χ4n) is 1.74. The summed E-state index contributed by atoms with van der Waals surface area (Å²) in [6.45, 7) is 0. The number of nitrogens with one attached hydrogen (secondary N) is 2. The monoisotopic (exact) mass is 255 g/mol. The van der Waals surface area contributed by atoms with E-state index in [2.05, 4.69) is 25.4 Å². The zero-order chi connectivity index (χ0) is 13.2. The van der Waals surface area contributed by atoms with Gasteiger partial charge < -0.3 is 10.1 Å². The number of aromatic nitrogens is 3. The van der Waals surface area contributed by atoms with Gasteiger partial charge in [0.25, 0.3) is 0 Å². The van der Waals surface area contributed by atoms with Crippen molar-refractivity contribution in [2.45, 2.75) is 0 Å². The van der Waals surface area contributed by atoms with Crippen LogP contribution in [0.15, 0.2) is 46.8 Å². The lowest BCUT2D eigenvalue weighted by Gasteiger charge is -1.90. The highest BCUT2D eigenvalue weighted by molar-refractivity contribution is 5.95. The van der Waals surface area contributed by atoms with Crippen molar-refractivity contribution >= 4 is 22.5 Å². The predicted molar refractivity (Wildman–Crippen MR) is 67.4 cm³/mol. The number of para-hydroxylation sites is 1. The van der Waals surface area contributed by atoms with Gasteiger partial charge in [0.1, 0.15) is 5.69 Å². The lowest BCUT2D eigenvalue weighted by Crippen LogP contribution is -1.93. The molecule has 7 nitrogen and oxygen atoms in total.